The molecule has 0 heterocycles. The summed E-state index contributed by atoms with van der Waals surface area (Å²) < 4.78 is 4.52. The lowest BCUT2D eigenvalue weighted by atomic mass is 10.1. The van der Waals surface area contributed by atoms with Gasteiger partial charge in [-0.1, -0.05) is 30.3 Å². The molecule has 0 N–H and O–H groups in total. The molecule has 72 valence electrons. The highest BCUT2D eigenvalue weighted by Crippen LogP contribution is 2.06. The van der Waals surface area contributed by atoms with E-state index in [0.29, 0.717) is 6.42 Å². The molecule has 0 aliphatic carbocycles. The molecular formula is C11H11NO2. The summed E-state index contributed by atoms with van der Waals surface area (Å²) in [6, 6.07) is 8.72. The van der Waals surface area contributed by atoms with Crippen LogP contribution in [0.15, 0.2) is 30.3 Å². The molecule has 0 saturated carbocycles. The van der Waals surface area contributed by atoms with Crippen molar-refractivity contribution >= 4 is 5.97 Å². The predicted molar refractivity (Wildman–Crippen MR) is 52.6 cm³/mol. The number of esters is 1. The standard InChI is InChI=1S/C11H11NO2/c1-12-10(11(13)14-2)8-9-6-4-3-5-7-9/h3-7,10H,8H2,2H3/t10-/m0/s1. The van der Waals surface area contributed by atoms with Gasteiger partial charge in [0, 0.05) is 0 Å². The number of carbonyl (C=O) groups is 1. The molecule has 0 aliphatic rings. The quantitative estimate of drug-likeness (QED) is 0.535. The number of carbonyl (C=O) groups excluding carboxylic acids is 1. The smallest absolute Gasteiger partial charge is 0.390 e. The lowest BCUT2D eigenvalue weighted by Gasteiger charge is -2.02. The van der Waals surface area contributed by atoms with Gasteiger partial charge >= 0.3 is 12.0 Å². The third-order valence-corrected chi connectivity index (χ3v) is 1.90. The molecule has 3 heteroatoms. The summed E-state index contributed by atoms with van der Waals surface area (Å²) in [5, 5.41) is 0. The summed E-state index contributed by atoms with van der Waals surface area (Å²) in [4.78, 5) is 14.3. The summed E-state index contributed by atoms with van der Waals surface area (Å²) in [5.41, 5.74) is 0.971. The third kappa shape index (κ3) is 2.60. The van der Waals surface area contributed by atoms with E-state index in [2.05, 4.69) is 9.58 Å². The van der Waals surface area contributed by atoms with Crippen molar-refractivity contribution in [3.8, 4) is 0 Å². The summed E-state index contributed by atoms with van der Waals surface area (Å²) in [7, 11) is 1.30. The van der Waals surface area contributed by atoms with Gasteiger partial charge in [0.25, 0.3) is 0 Å². The monoisotopic (exact) mass is 189 g/mol. The zero-order chi connectivity index (χ0) is 10.4. The maximum absolute atomic E-state index is 11.1. The van der Waals surface area contributed by atoms with Crippen molar-refractivity contribution in [3.05, 3.63) is 47.3 Å². The second-order valence-corrected chi connectivity index (χ2v) is 2.86. The van der Waals surface area contributed by atoms with Gasteiger partial charge in [0.15, 0.2) is 0 Å². The summed E-state index contributed by atoms with van der Waals surface area (Å²) in [6.45, 7) is 6.87. The molecule has 3 nitrogen and oxygen atoms in total. The first kappa shape index (κ1) is 10.3. The van der Waals surface area contributed by atoms with Crippen molar-refractivity contribution in [3.63, 3.8) is 0 Å². The Morgan fingerprint density at radius 3 is 2.64 bits per heavy atom. The van der Waals surface area contributed by atoms with Crippen LogP contribution in [-0.2, 0) is 16.0 Å². The normalized spacial score (nSPS) is 11.4. The zero-order valence-corrected chi connectivity index (χ0v) is 7.93. The van der Waals surface area contributed by atoms with Gasteiger partial charge in [0.1, 0.15) is 0 Å². The number of nitrogens with zero attached hydrogens (tertiary/aromatic N) is 1. The average Bonchev–Trinajstić information content (AvgIpc) is 2.26. The molecule has 0 aliphatic heterocycles. The average molecular weight is 189 g/mol. The van der Waals surface area contributed by atoms with Gasteiger partial charge in [-0.2, -0.15) is 0 Å². The molecule has 1 rings (SSSR count). The lowest BCUT2D eigenvalue weighted by molar-refractivity contribution is -0.141. The highest BCUT2D eigenvalue weighted by Gasteiger charge is 2.24. The molecule has 0 saturated heterocycles. The van der Waals surface area contributed by atoms with E-state index in [9.17, 15) is 4.79 Å². The van der Waals surface area contributed by atoms with Gasteiger partial charge < -0.3 is 9.58 Å². The summed E-state index contributed by atoms with van der Waals surface area (Å²) in [5.74, 6) is -0.469. The molecule has 1 aromatic carbocycles. The second kappa shape index (κ2) is 5.03. The second-order valence-electron chi connectivity index (χ2n) is 2.86. The largest absolute Gasteiger partial charge is 0.463 e. The Bertz CT molecular complexity index is 340. The molecule has 0 radical (unpaired) electrons. The Labute approximate surface area is 83.1 Å². The van der Waals surface area contributed by atoms with Crippen molar-refractivity contribution in [2.45, 2.75) is 12.5 Å². The molecule has 0 fully saturated rings. The van der Waals surface area contributed by atoms with Crippen LogP contribution in [0, 0.1) is 6.57 Å². The van der Waals surface area contributed by atoms with Crippen LogP contribution in [-0.4, -0.2) is 19.1 Å². The number of methoxy groups -OCH3 is 1. The Morgan fingerprint density at radius 2 is 2.14 bits per heavy atom. The molecule has 14 heavy (non-hydrogen) atoms. The van der Waals surface area contributed by atoms with E-state index >= 15 is 0 Å². The summed E-state index contributed by atoms with van der Waals surface area (Å²) >= 11 is 0. The van der Waals surface area contributed by atoms with Gasteiger partial charge in [-0.05, 0) is 5.56 Å². The first-order chi connectivity index (χ1) is 6.77. The SMILES string of the molecule is [C-]#[N+][C@@H](Cc1ccccc1)C(=O)OC. The molecule has 0 aromatic heterocycles. The molecular weight excluding hydrogens is 178 g/mol. The highest BCUT2D eigenvalue weighted by atomic mass is 16.5. The van der Waals surface area contributed by atoms with Crippen LogP contribution in [0.25, 0.3) is 4.85 Å². The molecule has 0 unspecified atom stereocenters. The van der Waals surface area contributed by atoms with Crippen molar-refractivity contribution in [1.29, 1.82) is 0 Å². The van der Waals surface area contributed by atoms with E-state index < -0.39 is 12.0 Å². The minimum Gasteiger partial charge on any atom is -0.463 e. The van der Waals surface area contributed by atoms with Crippen LogP contribution in [0.4, 0.5) is 0 Å². The highest BCUT2D eigenvalue weighted by molar-refractivity contribution is 5.77. The van der Waals surface area contributed by atoms with Crippen LogP contribution in [0.5, 0.6) is 0 Å². The Kier molecular flexibility index (Phi) is 3.69. The maximum Gasteiger partial charge on any atom is 0.390 e. The predicted octanol–water partition coefficient (Wildman–Crippen LogP) is 1.69. The van der Waals surface area contributed by atoms with Gasteiger partial charge in [-0.25, -0.2) is 11.4 Å². The third-order valence-electron chi connectivity index (χ3n) is 1.90. The van der Waals surface area contributed by atoms with Gasteiger partial charge in [0.2, 0.25) is 0 Å². The number of rotatable bonds is 3. The minimum atomic E-state index is -0.720. The number of benzene rings is 1. The Balaban J connectivity index is 2.68. The van der Waals surface area contributed by atoms with E-state index in [0.717, 1.165) is 5.56 Å². The lowest BCUT2D eigenvalue weighted by Crippen LogP contribution is -2.20. The molecule has 0 amide bonds. The first-order valence-electron chi connectivity index (χ1n) is 4.26. The molecule has 0 bridgehead atoms. The van der Waals surface area contributed by atoms with Crippen LogP contribution < -0.4 is 0 Å². The first-order valence-corrected chi connectivity index (χ1v) is 4.26. The van der Waals surface area contributed by atoms with E-state index in [1.807, 2.05) is 30.3 Å². The number of hydrogen-bond donors (Lipinski definition) is 0. The Hall–Kier alpha value is -1.82. The van der Waals surface area contributed by atoms with Crippen molar-refractivity contribution in [2.75, 3.05) is 7.11 Å². The van der Waals surface area contributed by atoms with Crippen LogP contribution in [0.3, 0.4) is 0 Å². The van der Waals surface area contributed by atoms with E-state index in [-0.39, 0.29) is 0 Å². The van der Waals surface area contributed by atoms with E-state index in [1.165, 1.54) is 7.11 Å². The van der Waals surface area contributed by atoms with Crippen LogP contribution >= 0.6 is 0 Å². The maximum atomic E-state index is 11.1. The fourth-order valence-electron chi connectivity index (χ4n) is 1.16. The number of ether oxygens (including phenoxy) is 1. The fraction of sp³-hybridized carbons (Fsp3) is 0.273. The summed E-state index contributed by atoms with van der Waals surface area (Å²) in [6.07, 6.45) is 0.414. The van der Waals surface area contributed by atoms with E-state index in [4.69, 9.17) is 6.57 Å². The molecule has 1 aromatic rings. The van der Waals surface area contributed by atoms with Gasteiger partial charge in [-0.3, -0.25) is 0 Å². The van der Waals surface area contributed by atoms with Crippen molar-refractivity contribution < 1.29 is 9.53 Å². The van der Waals surface area contributed by atoms with Crippen molar-refractivity contribution in [1.82, 2.24) is 0 Å². The van der Waals surface area contributed by atoms with Gasteiger partial charge in [0.05, 0.1) is 13.5 Å². The van der Waals surface area contributed by atoms with Crippen LogP contribution in [0.1, 0.15) is 5.56 Å². The van der Waals surface area contributed by atoms with E-state index in [1.54, 1.807) is 0 Å². The van der Waals surface area contributed by atoms with Crippen LogP contribution in [0.2, 0.25) is 0 Å². The van der Waals surface area contributed by atoms with Gasteiger partial charge in [-0.15, -0.1) is 0 Å². The molecule has 0 spiro atoms. The Morgan fingerprint density at radius 1 is 1.50 bits per heavy atom. The van der Waals surface area contributed by atoms with Crippen molar-refractivity contribution in [2.24, 2.45) is 0 Å². The zero-order valence-electron chi connectivity index (χ0n) is 7.93. The number of hydrogen-bond acceptors (Lipinski definition) is 2. The minimum absolute atomic E-state index is 0.414. The fourth-order valence-corrected chi connectivity index (χ4v) is 1.16. The molecule has 1 atom stereocenters. The topological polar surface area (TPSA) is 30.7 Å².